The fraction of sp³-hybridized carbons (Fsp3) is 0.952. The molecule has 0 radical (unpaired) electrons. The van der Waals surface area contributed by atoms with Gasteiger partial charge in [0.2, 0.25) is 0 Å². The van der Waals surface area contributed by atoms with Crippen LogP contribution in [0.25, 0.3) is 0 Å². The van der Waals surface area contributed by atoms with Gasteiger partial charge in [0.25, 0.3) is 0 Å². The van der Waals surface area contributed by atoms with Gasteiger partial charge in [-0.15, -0.1) is 0 Å². The minimum absolute atomic E-state index is 0.111. The predicted molar refractivity (Wildman–Crippen MR) is 108 cm³/mol. The van der Waals surface area contributed by atoms with Crippen LogP contribution in [0, 0.1) is 0 Å². The maximum atomic E-state index is 9.96. The highest BCUT2D eigenvalue weighted by Gasteiger charge is 2.13. The number of nitrogens with one attached hydrogen (secondary N) is 1. The Morgan fingerprint density at radius 3 is 1.74 bits per heavy atom. The van der Waals surface area contributed by atoms with E-state index in [0.717, 1.165) is 30.6 Å². The molecule has 0 aromatic rings. The first-order valence-corrected chi connectivity index (χ1v) is 10.9. The van der Waals surface area contributed by atoms with E-state index in [9.17, 15) is 15.0 Å². The quantitative estimate of drug-likeness (QED) is 0.257. The Morgan fingerprint density at radius 1 is 0.852 bits per heavy atom. The molecule has 0 aromatic heterocycles. The molecule has 164 valence electrons. The summed E-state index contributed by atoms with van der Waals surface area (Å²) in [6.45, 7) is 6.25. The number of carboxylic acids is 1. The Hall–Kier alpha value is -0.690. The lowest BCUT2D eigenvalue weighted by Crippen LogP contribution is -3.14. The molecule has 1 unspecified atom stereocenters. The number of quaternary nitrogens is 1. The molecule has 0 amide bonds. The largest absolute Gasteiger partial charge is 0.550 e. The summed E-state index contributed by atoms with van der Waals surface area (Å²) in [7, 11) is 0. The normalized spacial score (nSPS) is 11.9. The van der Waals surface area contributed by atoms with Gasteiger partial charge in [0.05, 0.1) is 13.2 Å². The van der Waals surface area contributed by atoms with Crippen molar-refractivity contribution >= 4 is 5.97 Å². The van der Waals surface area contributed by atoms with Crippen molar-refractivity contribution < 1.29 is 30.1 Å². The van der Waals surface area contributed by atoms with E-state index in [2.05, 4.69) is 6.92 Å². The van der Waals surface area contributed by atoms with Crippen molar-refractivity contribution in [3.8, 4) is 0 Å². The predicted octanol–water partition coefficient (Wildman–Crippen LogP) is 0.674. The molecule has 0 spiro atoms. The van der Waals surface area contributed by atoms with Gasteiger partial charge in [-0.3, -0.25) is 0 Å². The number of unbranched alkanes of at least 4 members (excludes halogenated alkanes) is 8. The van der Waals surface area contributed by atoms with Gasteiger partial charge in [-0.25, -0.2) is 0 Å². The number of carbonyl (C=O) groups is 1. The molecule has 0 fully saturated rings. The summed E-state index contributed by atoms with van der Waals surface area (Å²) in [6, 6.07) is 0. The number of carboxylic acid groups (broad SMARTS) is 1. The summed E-state index contributed by atoms with van der Waals surface area (Å²) < 4.78 is 0. The molecule has 0 rings (SSSR count). The minimum atomic E-state index is -0.943. The van der Waals surface area contributed by atoms with Crippen LogP contribution in [0.2, 0.25) is 0 Å². The number of aliphatic hydroxyl groups is 3. The molecule has 6 nitrogen and oxygen atoms in total. The van der Waals surface area contributed by atoms with E-state index < -0.39 is 5.97 Å². The molecule has 6 heteroatoms. The van der Waals surface area contributed by atoms with Crippen molar-refractivity contribution in [2.45, 2.75) is 97.0 Å². The summed E-state index contributed by atoms with van der Waals surface area (Å²) in [5, 5.41) is 37.5. The monoisotopic (exact) mass is 391 g/mol. The van der Waals surface area contributed by atoms with Crippen LogP contribution in [0.4, 0.5) is 0 Å². The highest BCUT2D eigenvalue weighted by molar-refractivity contribution is 5.63. The maximum absolute atomic E-state index is 9.96. The zero-order chi connectivity index (χ0) is 20.8. The lowest BCUT2D eigenvalue weighted by molar-refractivity contribution is -0.903. The fourth-order valence-electron chi connectivity index (χ4n) is 2.92. The van der Waals surface area contributed by atoms with E-state index in [0.29, 0.717) is 19.6 Å². The van der Waals surface area contributed by atoms with Crippen LogP contribution in [-0.2, 0) is 4.79 Å². The van der Waals surface area contributed by atoms with E-state index in [-0.39, 0.29) is 25.7 Å². The first kappa shape index (κ1) is 28.5. The molecule has 0 saturated carbocycles. The van der Waals surface area contributed by atoms with E-state index in [1.807, 2.05) is 6.92 Å². The maximum Gasteiger partial charge on any atom is 0.104 e. The van der Waals surface area contributed by atoms with Crippen molar-refractivity contribution in [1.82, 2.24) is 0 Å². The average molecular weight is 392 g/mol. The Morgan fingerprint density at radius 2 is 1.33 bits per heavy atom. The van der Waals surface area contributed by atoms with Gasteiger partial charge in [0.15, 0.2) is 0 Å². The standard InChI is InChI=1S/C16H35NO3.C5H10O2/c1-2-3-4-5-6-7-8-9-10-16(20)15-17(11-13-18)12-14-19;1-2-3-4-5(6)7/h16,18-20H,2-15H2,1H3;2-4H2,1H3,(H,6,7). The van der Waals surface area contributed by atoms with E-state index >= 15 is 0 Å². The van der Waals surface area contributed by atoms with Crippen molar-refractivity contribution in [2.75, 3.05) is 32.8 Å². The first-order chi connectivity index (χ1) is 13.0. The van der Waals surface area contributed by atoms with Gasteiger partial charge in [0.1, 0.15) is 25.7 Å². The fourth-order valence-corrected chi connectivity index (χ4v) is 2.92. The van der Waals surface area contributed by atoms with Gasteiger partial charge in [-0.2, -0.15) is 0 Å². The minimum Gasteiger partial charge on any atom is -0.550 e. The van der Waals surface area contributed by atoms with Crippen LogP contribution >= 0.6 is 0 Å². The number of rotatable bonds is 18. The summed E-state index contributed by atoms with van der Waals surface area (Å²) in [6.07, 6.45) is 12.7. The van der Waals surface area contributed by atoms with Gasteiger partial charge >= 0.3 is 0 Å². The molecule has 0 heterocycles. The third-order valence-corrected chi connectivity index (χ3v) is 4.58. The third kappa shape index (κ3) is 25.3. The van der Waals surface area contributed by atoms with Crippen LogP contribution in [0.5, 0.6) is 0 Å². The third-order valence-electron chi connectivity index (χ3n) is 4.58. The van der Waals surface area contributed by atoms with Gasteiger partial charge in [-0.1, -0.05) is 71.6 Å². The lowest BCUT2D eigenvalue weighted by atomic mass is 10.1. The molecule has 0 aliphatic rings. The van der Waals surface area contributed by atoms with Crippen LogP contribution in [0.1, 0.15) is 90.9 Å². The van der Waals surface area contributed by atoms with Crippen molar-refractivity contribution in [1.29, 1.82) is 0 Å². The lowest BCUT2D eigenvalue weighted by Gasteiger charge is -2.20. The second kappa shape index (κ2) is 23.3. The highest BCUT2D eigenvalue weighted by atomic mass is 16.4. The first-order valence-electron chi connectivity index (χ1n) is 10.9. The zero-order valence-corrected chi connectivity index (χ0v) is 17.8. The summed E-state index contributed by atoms with van der Waals surface area (Å²) in [5.41, 5.74) is 0. The van der Waals surface area contributed by atoms with Gasteiger partial charge in [-0.05, 0) is 19.3 Å². The van der Waals surface area contributed by atoms with Crippen LogP contribution in [0.3, 0.4) is 0 Å². The van der Waals surface area contributed by atoms with E-state index in [1.54, 1.807) is 0 Å². The Labute approximate surface area is 166 Å². The second-order valence-electron chi connectivity index (χ2n) is 7.29. The van der Waals surface area contributed by atoms with E-state index in [1.165, 1.54) is 44.9 Å². The molecule has 0 aromatic carbocycles. The number of aliphatic hydroxyl groups excluding tert-OH is 3. The number of hydrogen-bond donors (Lipinski definition) is 4. The molecular weight excluding hydrogens is 346 g/mol. The Kier molecular flexibility index (Phi) is 24.7. The summed E-state index contributed by atoms with van der Waals surface area (Å²) >= 11 is 0. The zero-order valence-electron chi connectivity index (χ0n) is 17.8. The smallest absolute Gasteiger partial charge is 0.104 e. The number of hydrogen-bond acceptors (Lipinski definition) is 5. The molecule has 0 saturated heterocycles. The summed E-state index contributed by atoms with van der Waals surface area (Å²) in [4.78, 5) is 10.7. The molecule has 4 N–H and O–H groups in total. The average Bonchev–Trinajstić information content (AvgIpc) is 2.63. The molecular formula is C21H45NO5. The SMILES string of the molecule is CCCCC(=O)[O-].CCCCCCCCCCC(O)C[NH+](CCO)CCO. The van der Waals surface area contributed by atoms with Crippen molar-refractivity contribution in [3.05, 3.63) is 0 Å². The molecule has 0 aliphatic carbocycles. The molecule has 0 bridgehead atoms. The highest BCUT2D eigenvalue weighted by Crippen LogP contribution is 2.10. The van der Waals surface area contributed by atoms with Crippen LogP contribution < -0.4 is 10.0 Å². The number of aliphatic carboxylic acids is 1. The van der Waals surface area contributed by atoms with Crippen molar-refractivity contribution in [3.63, 3.8) is 0 Å². The molecule has 1 atom stereocenters. The van der Waals surface area contributed by atoms with Gasteiger partial charge in [0, 0.05) is 5.97 Å². The van der Waals surface area contributed by atoms with Gasteiger partial charge < -0.3 is 30.1 Å². The summed E-state index contributed by atoms with van der Waals surface area (Å²) in [5.74, 6) is -0.943. The van der Waals surface area contributed by atoms with Crippen LogP contribution in [-0.4, -0.2) is 60.2 Å². The van der Waals surface area contributed by atoms with Crippen LogP contribution in [0.15, 0.2) is 0 Å². The molecule has 0 aliphatic heterocycles. The topological polar surface area (TPSA) is 105 Å². The number of carbonyl (C=O) groups excluding carboxylic acids is 1. The van der Waals surface area contributed by atoms with E-state index in [4.69, 9.17) is 10.2 Å². The Bertz CT molecular complexity index is 296. The Balaban J connectivity index is 0. The second-order valence-corrected chi connectivity index (χ2v) is 7.29. The van der Waals surface area contributed by atoms with Crippen molar-refractivity contribution in [2.24, 2.45) is 0 Å². The molecule has 27 heavy (non-hydrogen) atoms.